The average Bonchev–Trinajstić information content (AvgIpc) is 2.76. The van der Waals surface area contributed by atoms with Gasteiger partial charge >= 0.3 is 0 Å². The predicted molar refractivity (Wildman–Crippen MR) is 63.6 cm³/mol. The van der Waals surface area contributed by atoms with Crippen molar-refractivity contribution >= 4 is 0 Å². The first kappa shape index (κ1) is 10.4. The summed E-state index contributed by atoms with van der Waals surface area (Å²) in [6.45, 7) is 0. The van der Waals surface area contributed by atoms with Crippen molar-refractivity contribution in [2.24, 2.45) is 5.73 Å². The van der Waals surface area contributed by atoms with Crippen molar-refractivity contribution in [3.8, 4) is 5.69 Å². The molecule has 0 amide bonds. The molecule has 0 aliphatic heterocycles. The molecule has 0 spiro atoms. The molecule has 1 heterocycles. The van der Waals surface area contributed by atoms with E-state index in [2.05, 4.69) is 15.5 Å². The lowest BCUT2D eigenvalue weighted by atomic mass is 9.75. The number of nitrogens with two attached hydrogens (primary N) is 1. The Balaban J connectivity index is 1.89. The van der Waals surface area contributed by atoms with Crippen LogP contribution in [0.3, 0.4) is 0 Å². The van der Waals surface area contributed by atoms with Crippen LogP contribution in [0.25, 0.3) is 5.69 Å². The zero-order valence-electron chi connectivity index (χ0n) is 9.58. The molecule has 0 radical (unpaired) electrons. The average molecular weight is 229 g/mol. The molecule has 17 heavy (non-hydrogen) atoms. The molecule has 1 aromatic heterocycles. The van der Waals surface area contributed by atoms with Crippen LogP contribution >= 0.6 is 0 Å². The fraction of sp³-hybridized carbons (Fsp3) is 0.417. The minimum absolute atomic E-state index is 0.0960. The van der Waals surface area contributed by atoms with Gasteiger partial charge < -0.3 is 5.73 Å². The molecular formula is C12H15N5. The molecule has 1 fully saturated rings. The summed E-state index contributed by atoms with van der Waals surface area (Å²) in [4.78, 5) is 0. The molecule has 2 N–H and O–H groups in total. The molecule has 5 heteroatoms. The Bertz CT molecular complexity index is 501. The van der Waals surface area contributed by atoms with Crippen molar-refractivity contribution in [1.82, 2.24) is 20.2 Å². The zero-order chi connectivity index (χ0) is 11.7. The van der Waals surface area contributed by atoms with Crippen LogP contribution in [0.2, 0.25) is 0 Å². The number of rotatable bonds is 3. The Morgan fingerprint density at radius 2 is 2.00 bits per heavy atom. The third-order valence-corrected chi connectivity index (χ3v) is 3.39. The maximum absolute atomic E-state index is 6.23. The van der Waals surface area contributed by atoms with Gasteiger partial charge in [-0.05, 0) is 41.8 Å². The maximum atomic E-state index is 6.23. The number of benzene rings is 1. The number of nitrogens with zero attached hydrogens (tertiary/aromatic N) is 4. The van der Waals surface area contributed by atoms with E-state index in [4.69, 9.17) is 5.73 Å². The molecular weight excluding hydrogens is 214 g/mol. The fourth-order valence-corrected chi connectivity index (χ4v) is 2.21. The Morgan fingerprint density at radius 3 is 2.65 bits per heavy atom. The summed E-state index contributed by atoms with van der Waals surface area (Å²) in [6.07, 6.45) is 4.08. The summed E-state index contributed by atoms with van der Waals surface area (Å²) in [5, 5.41) is 11.9. The van der Waals surface area contributed by atoms with E-state index in [1.165, 1.54) is 6.42 Å². The summed E-state index contributed by atoms with van der Waals surface area (Å²) in [5.41, 5.74) is 7.12. The highest BCUT2D eigenvalue weighted by Crippen LogP contribution is 2.31. The van der Waals surface area contributed by atoms with E-state index < -0.39 is 0 Å². The molecule has 0 saturated heterocycles. The standard InChI is InChI=1S/C12H15N5/c13-12(7-4-8-12)9-11-14-15-16-17(11)10-5-2-1-3-6-10/h1-3,5-6H,4,7-9,13H2. The highest BCUT2D eigenvalue weighted by atomic mass is 15.5. The molecule has 1 saturated carbocycles. The van der Waals surface area contributed by atoms with Gasteiger partial charge in [0.15, 0.2) is 5.82 Å². The molecule has 0 bridgehead atoms. The van der Waals surface area contributed by atoms with Crippen LogP contribution in [0.1, 0.15) is 25.1 Å². The maximum Gasteiger partial charge on any atom is 0.158 e. The van der Waals surface area contributed by atoms with Gasteiger partial charge in [-0.15, -0.1) is 5.10 Å². The third kappa shape index (κ3) is 1.93. The van der Waals surface area contributed by atoms with Gasteiger partial charge in [-0.3, -0.25) is 0 Å². The molecule has 0 atom stereocenters. The Labute approximate surface area is 99.6 Å². The molecule has 0 unspecified atom stereocenters. The summed E-state index contributed by atoms with van der Waals surface area (Å²) in [7, 11) is 0. The van der Waals surface area contributed by atoms with Crippen LogP contribution in [0.5, 0.6) is 0 Å². The lowest BCUT2D eigenvalue weighted by Gasteiger charge is -2.37. The van der Waals surface area contributed by atoms with Crippen LogP contribution in [0, 0.1) is 0 Å². The van der Waals surface area contributed by atoms with E-state index >= 15 is 0 Å². The summed E-state index contributed by atoms with van der Waals surface area (Å²) >= 11 is 0. The first-order valence-corrected chi connectivity index (χ1v) is 5.88. The smallest absolute Gasteiger partial charge is 0.158 e. The minimum Gasteiger partial charge on any atom is -0.325 e. The van der Waals surface area contributed by atoms with Crippen LogP contribution in [0.15, 0.2) is 30.3 Å². The van der Waals surface area contributed by atoms with Crippen molar-refractivity contribution in [2.75, 3.05) is 0 Å². The summed E-state index contributed by atoms with van der Waals surface area (Å²) in [5.74, 6) is 0.846. The van der Waals surface area contributed by atoms with Gasteiger partial charge in [0.05, 0.1) is 5.69 Å². The second-order valence-corrected chi connectivity index (χ2v) is 4.74. The van der Waals surface area contributed by atoms with Gasteiger partial charge in [-0.2, -0.15) is 4.68 Å². The van der Waals surface area contributed by atoms with Gasteiger partial charge in [-0.1, -0.05) is 18.2 Å². The normalized spacial score (nSPS) is 17.7. The summed E-state index contributed by atoms with van der Waals surface area (Å²) < 4.78 is 1.77. The summed E-state index contributed by atoms with van der Waals surface area (Å²) in [6, 6.07) is 9.90. The van der Waals surface area contributed by atoms with E-state index in [9.17, 15) is 0 Å². The van der Waals surface area contributed by atoms with Gasteiger partial charge in [0.1, 0.15) is 0 Å². The lowest BCUT2D eigenvalue weighted by molar-refractivity contribution is 0.242. The molecule has 3 rings (SSSR count). The number of para-hydroxylation sites is 1. The first-order valence-electron chi connectivity index (χ1n) is 5.88. The molecule has 5 nitrogen and oxygen atoms in total. The van der Waals surface area contributed by atoms with Crippen molar-refractivity contribution in [3.63, 3.8) is 0 Å². The zero-order valence-corrected chi connectivity index (χ0v) is 9.58. The largest absolute Gasteiger partial charge is 0.325 e. The van der Waals surface area contributed by atoms with E-state index in [0.29, 0.717) is 0 Å². The highest BCUT2D eigenvalue weighted by molar-refractivity contribution is 5.30. The molecule has 2 aromatic rings. The molecule has 1 aliphatic carbocycles. The van der Waals surface area contributed by atoms with Gasteiger partial charge in [0, 0.05) is 12.0 Å². The molecule has 1 aromatic carbocycles. The number of tetrazole rings is 1. The van der Waals surface area contributed by atoms with Crippen molar-refractivity contribution in [2.45, 2.75) is 31.2 Å². The molecule has 1 aliphatic rings. The first-order chi connectivity index (χ1) is 8.27. The lowest BCUT2D eigenvalue weighted by Crippen LogP contribution is -2.48. The second-order valence-electron chi connectivity index (χ2n) is 4.74. The molecule has 88 valence electrons. The second kappa shape index (κ2) is 3.92. The Kier molecular flexibility index (Phi) is 2.40. The van der Waals surface area contributed by atoms with E-state index in [1.54, 1.807) is 4.68 Å². The monoisotopic (exact) mass is 229 g/mol. The number of hydrogen-bond acceptors (Lipinski definition) is 4. The number of hydrogen-bond donors (Lipinski definition) is 1. The Morgan fingerprint density at radius 1 is 1.24 bits per heavy atom. The van der Waals surface area contributed by atoms with Gasteiger partial charge in [-0.25, -0.2) is 0 Å². The minimum atomic E-state index is -0.0960. The Hall–Kier alpha value is -1.75. The van der Waals surface area contributed by atoms with E-state index in [-0.39, 0.29) is 5.54 Å². The van der Waals surface area contributed by atoms with Crippen molar-refractivity contribution < 1.29 is 0 Å². The van der Waals surface area contributed by atoms with Gasteiger partial charge in [0.25, 0.3) is 0 Å². The van der Waals surface area contributed by atoms with Crippen molar-refractivity contribution in [1.29, 1.82) is 0 Å². The van der Waals surface area contributed by atoms with E-state index in [1.807, 2.05) is 30.3 Å². The number of aromatic nitrogens is 4. The van der Waals surface area contributed by atoms with Gasteiger partial charge in [0.2, 0.25) is 0 Å². The SMILES string of the molecule is NC1(Cc2nnnn2-c2ccccc2)CCC1. The van der Waals surface area contributed by atoms with Crippen LogP contribution in [0.4, 0.5) is 0 Å². The van der Waals surface area contributed by atoms with Crippen LogP contribution < -0.4 is 5.73 Å². The topological polar surface area (TPSA) is 69.6 Å². The quantitative estimate of drug-likeness (QED) is 0.855. The third-order valence-electron chi connectivity index (χ3n) is 3.39. The van der Waals surface area contributed by atoms with E-state index in [0.717, 1.165) is 30.8 Å². The predicted octanol–water partition coefficient (Wildman–Crippen LogP) is 1.09. The van der Waals surface area contributed by atoms with Crippen LogP contribution in [-0.2, 0) is 6.42 Å². The van der Waals surface area contributed by atoms with Crippen LogP contribution in [-0.4, -0.2) is 25.7 Å². The highest BCUT2D eigenvalue weighted by Gasteiger charge is 2.34. The van der Waals surface area contributed by atoms with Crippen molar-refractivity contribution in [3.05, 3.63) is 36.2 Å². The fourth-order valence-electron chi connectivity index (χ4n) is 2.21.